The molecule has 2 aliphatic heterocycles. The molecule has 18 nitrogen and oxygen atoms in total. The fourth-order valence-corrected chi connectivity index (χ4v) is 12.7. The summed E-state index contributed by atoms with van der Waals surface area (Å²) in [5.74, 6) is -1.43. The number of sulfone groups is 1. The lowest BCUT2D eigenvalue weighted by Gasteiger charge is -2.33. The standard InChI is InChI=1S/C37H55Cl2N3O12S.C19H21Cl2NO2S/c1-3-49-14-15-53-19-16-50-11-5-8-34(43)35(44)36(45)37(46)40-9-12-51-17-20-54-21-18-52-13-10-41-55(47,48)29-7-4-6-27(22-29)31-25-42(2)26-32-30(31)23-28(38)24-33(32)39;1-3-7-25(23,24)15-6-4-5-13(8-15)17-11-22(2)12-18-16(17)9-14(20)10-19(18)21/h4,6-7,22-24,31,35-36,41,44-45H,3,5,8-21,25-26H2,1-2H3,(H,40,46);4-6,8-10,17H,3,7,11-12H2,1-2H3. The minimum Gasteiger partial charge on any atom is -0.382 e. The summed E-state index contributed by atoms with van der Waals surface area (Å²) in [5.41, 5.74) is 5.95. The fourth-order valence-electron chi connectivity index (χ4n) is 9.10. The number of ketones is 1. The van der Waals surface area contributed by atoms with Crippen LogP contribution < -0.4 is 10.0 Å². The van der Waals surface area contributed by atoms with Crippen LogP contribution in [0.1, 0.15) is 78.3 Å². The lowest BCUT2D eigenvalue weighted by atomic mass is 9.85. The molecule has 2 heterocycles. The molecule has 4 atom stereocenters. The van der Waals surface area contributed by atoms with Crippen molar-refractivity contribution in [2.45, 2.75) is 80.0 Å². The largest absolute Gasteiger partial charge is 0.382 e. The Hall–Kier alpha value is -3.36. The van der Waals surface area contributed by atoms with E-state index in [9.17, 15) is 36.6 Å². The second kappa shape index (κ2) is 34.4. The van der Waals surface area contributed by atoms with Crippen LogP contribution in [-0.4, -0.2) is 186 Å². The molecule has 4 aromatic rings. The van der Waals surface area contributed by atoms with E-state index in [-0.39, 0.29) is 88.2 Å². The first-order chi connectivity index (χ1) is 38.3. The number of carbonyl (C=O) groups excluding carboxylic acids is 2. The number of rotatable bonds is 33. The molecule has 0 aliphatic carbocycles. The van der Waals surface area contributed by atoms with Gasteiger partial charge in [-0.05, 0) is 116 Å². The molecule has 0 bridgehead atoms. The van der Waals surface area contributed by atoms with Gasteiger partial charge in [0, 0.05) is 90.8 Å². The Kier molecular flexibility index (Phi) is 29.0. The van der Waals surface area contributed by atoms with Crippen LogP contribution in [0.3, 0.4) is 0 Å². The predicted molar refractivity (Wildman–Crippen MR) is 310 cm³/mol. The number of sulfonamides is 1. The maximum Gasteiger partial charge on any atom is 0.252 e. The average molecular weight is 1240 g/mol. The number of fused-ring (bicyclic) bond motifs is 2. The highest BCUT2D eigenvalue weighted by Crippen LogP contribution is 2.40. The molecule has 1 amide bonds. The molecule has 0 aromatic heterocycles. The van der Waals surface area contributed by atoms with Crippen molar-refractivity contribution in [2.75, 3.05) is 125 Å². The molecule has 24 heteroatoms. The SMILES string of the molecule is CCCS(=O)(=O)c1cccc(C2CN(C)Cc3c(Cl)cc(Cl)cc32)c1.CCOCCOCCOCCCC(=O)C(O)C(O)C(=O)NCCOCCOCCOCCNS(=O)(=O)c1cccc(C2CN(C)Cc3c(Cl)cc(Cl)cc32)c1. The normalized spacial score (nSPS) is 16.5. The van der Waals surface area contributed by atoms with Gasteiger partial charge < -0.3 is 53.8 Å². The lowest BCUT2D eigenvalue weighted by molar-refractivity contribution is -0.145. The molecule has 2 aliphatic rings. The van der Waals surface area contributed by atoms with E-state index in [1.807, 2.05) is 58.3 Å². The van der Waals surface area contributed by atoms with Crippen molar-refractivity contribution in [3.8, 4) is 0 Å². The molecular formula is C56H76Cl4N4O14S2. The zero-order valence-corrected chi connectivity index (χ0v) is 50.5. The van der Waals surface area contributed by atoms with E-state index in [4.69, 9.17) is 74.8 Å². The van der Waals surface area contributed by atoms with Gasteiger partial charge in [0.15, 0.2) is 21.7 Å². The maximum absolute atomic E-state index is 13.1. The number of benzene rings is 4. The van der Waals surface area contributed by atoms with Gasteiger partial charge in [0.05, 0.1) is 81.6 Å². The van der Waals surface area contributed by atoms with Crippen molar-refractivity contribution < 1.29 is 65.1 Å². The number of likely N-dealkylation sites (N-methyl/N-ethyl adjacent to an activating group) is 2. The van der Waals surface area contributed by atoms with Crippen LogP contribution in [0.4, 0.5) is 0 Å². The topological polar surface area (TPSA) is 229 Å². The van der Waals surface area contributed by atoms with Crippen LogP contribution in [0.2, 0.25) is 20.1 Å². The van der Waals surface area contributed by atoms with Crippen molar-refractivity contribution in [3.63, 3.8) is 0 Å². The van der Waals surface area contributed by atoms with E-state index in [2.05, 4.69) is 19.8 Å². The molecular weight excluding hydrogens is 1160 g/mol. The number of amides is 1. The highest BCUT2D eigenvalue weighted by atomic mass is 35.5. The van der Waals surface area contributed by atoms with Crippen molar-refractivity contribution >= 4 is 78.0 Å². The molecule has 0 fully saturated rings. The van der Waals surface area contributed by atoms with Crippen LogP contribution in [0.5, 0.6) is 0 Å². The third kappa shape index (κ3) is 21.4. The molecule has 4 aromatic carbocycles. The van der Waals surface area contributed by atoms with E-state index in [1.54, 1.807) is 42.5 Å². The summed E-state index contributed by atoms with van der Waals surface area (Å²) < 4.78 is 85.7. The first-order valence-corrected chi connectivity index (χ1v) is 31.3. The molecule has 4 unspecified atom stereocenters. The van der Waals surface area contributed by atoms with E-state index in [1.165, 1.54) is 0 Å². The number of hydrogen-bond donors (Lipinski definition) is 4. The summed E-state index contributed by atoms with van der Waals surface area (Å²) in [6.07, 6.45) is -2.86. The van der Waals surface area contributed by atoms with Gasteiger partial charge in [0.2, 0.25) is 10.0 Å². The first-order valence-electron chi connectivity index (χ1n) is 26.6. The summed E-state index contributed by atoms with van der Waals surface area (Å²) in [4.78, 5) is 29.1. The van der Waals surface area contributed by atoms with Crippen LogP contribution >= 0.6 is 46.4 Å². The highest BCUT2D eigenvalue weighted by Gasteiger charge is 2.31. The Morgan fingerprint density at radius 2 is 1.07 bits per heavy atom. The minimum absolute atomic E-state index is 0.0433. The van der Waals surface area contributed by atoms with Crippen molar-refractivity contribution in [1.29, 1.82) is 0 Å². The number of hydrogen-bond acceptors (Lipinski definition) is 16. The Morgan fingerprint density at radius 3 is 1.59 bits per heavy atom. The molecule has 0 saturated heterocycles. The number of carbonyl (C=O) groups is 2. The number of nitrogens with one attached hydrogen (secondary N) is 2. The van der Waals surface area contributed by atoms with Gasteiger partial charge in [0.1, 0.15) is 6.10 Å². The number of aliphatic hydroxyl groups excluding tert-OH is 2. The predicted octanol–water partition coefficient (Wildman–Crippen LogP) is 6.91. The quantitative estimate of drug-likeness (QED) is 0.0355. The van der Waals surface area contributed by atoms with Gasteiger partial charge in [-0.2, -0.15) is 0 Å². The van der Waals surface area contributed by atoms with Gasteiger partial charge >= 0.3 is 0 Å². The number of nitrogens with zero attached hydrogens (tertiary/aromatic N) is 2. The van der Waals surface area contributed by atoms with Gasteiger partial charge in [-0.15, -0.1) is 0 Å². The molecule has 0 saturated carbocycles. The Balaban J connectivity index is 0.000000388. The summed E-state index contributed by atoms with van der Waals surface area (Å²) >= 11 is 25.4. The van der Waals surface area contributed by atoms with Gasteiger partial charge in [-0.1, -0.05) is 77.6 Å². The summed E-state index contributed by atoms with van der Waals surface area (Å²) in [7, 11) is -3.00. The number of Topliss-reactive ketones (excluding diaryl/α,β-unsaturated/α-hetero) is 1. The zero-order chi connectivity index (χ0) is 58.2. The zero-order valence-electron chi connectivity index (χ0n) is 45.8. The monoisotopic (exact) mass is 1230 g/mol. The van der Waals surface area contributed by atoms with E-state index >= 15 is 0 Å². The van der Waals surface area contributed by atoms with Crippen LogP contribution in [0.15, 0.2) is 82.6 Å². The third-order valence-corrected chi connectivity index (χ3v) is 17.5. The second-order valence-corrected chi connectivity index (χ2v) is 24.8. The van der Waals surface area contributed by atoms with Gasteiger partial charge in [0.25, 0.3) is 5.91 Å². The molecule has 4 N–H and O–H groups in total. The van der Waals surface area contributed by atoms with Crippen molar-refractivity contribution in [1.82, 2.24) is 19.8 Å². The molecule has 0 radical (unpaired) electrons. The second-order valence-electron chi connectivity index (χ2n) is 19.3. The Labute approximate surface area is 491 Å². The highest BCUT2D eigenvalue weighted by molar-refractivity contribution is 7.91. The summed E-state index contributed by atoms with van der Waals surface area (Å²) in [5, 5.41) is 24.9. The lowest BCUT2D eigenvalue weighted by Crippen LogP contribution is -2.46. The van der Waals surface area contributed by atoms with Crippen molar-refractivity contribution in [2.24, 2.45) is 0 Å². The van der Waals surface area contributed by atoms with Crippen LogP contribution in [0, 0.1) is 0 Å². The van der Waals surface area contributed by atoms with E-state index in [0.717, 1.165) is 46.5 Å². The molecule has 6 rings (SSSR count). The molecule has 0 spiro atoms. The van der Waals surface area contributed by atoms with Crippen LogP contribution in [-0.2, 0) is 71.0 Å². The Bertz CT molecular complexity index is 2840. The number of aliphatic hydroxyl groups is 2. The first kappa shape index (κ1) is 67.4. The van der Waals surface area contributed by atoms with Gasteiger partial charge in [-0.3, -0.25) is 9.59 Å². The van der Waals surface area contributed by atoms with E-state index < -0.39 is 43.8 Å². The smallest absolute Gasteiger partial charge is 0.252 e. The fraction of sp³-hybridized carbons (Fsp3) is 0.536. The number of ether oxygens (including phenoxy) is 6. The minimum atomic E-state index is -3.79. The summed E-state index contributed by atoms with van der Waals surface area (Å²) in [6, 6.07) is 21.5. The molecule has 444 valence electrons. The average Bonchev–Trinajstić information content (AvgIpc) is 3.45. The maximum atomic E-state index is 13.1. The van der Waals surface area contributed by atoms with Crippen molar-refractivity contribution in [3.05, 3.63) is 126 Å². The number of halogens is 4. The Morgan fingerprint density at radius 1 is 0.613 bits per heavy atom. The van der Waals surface area contributed by atoms with E-state index in [0.29, 0.717) is 84.0 Å². The third-order valence-electron chi connectivity index (χ3n) is 13.0. The van der Waals surface area contributed by atoms with Gasteiger partial charge in [-0.25, -0.2) is 21.6 Å². The van der Waals surface area contributed by atoms with Crippen LogP contribution in [0.25, 0.3) is 0 Å². The summed E-state index contributed by atoms with van der Waals surface area (Å²) in [6.45, 7) is 10.7. The molecule has 80 heavy (non-hydrogen) atoms.